The molecule has 3 aromatic rings. The van der Waals surface area contributed by atoms with Crippen LogP contribution in [0.1, 0.15) is 16.8 Å². The first-order valence-electron chi connectivity index (χ1n) is 8.03. The molecule has 1 aromatic heterocycles. The van der Waals surface area contributed by atoms with E-state index in [0.717, 1.165) is 0 Å². The highest BCUT2D eigenvalue weighted by atomic mass is 35.5. The number of nitriles is 1. The highest BCUT2D eigenvalue weighted by molar-refractivity contribution is 6.32. The number of hydrogen-bond acceptors (Lipinski definition) is 4. The summed E-state index contributed by atoms with van der Waals surface area (Å²) in [6, 6.07) is 11.2. The molecule has 0 amide bonds. The molecule has 2 aromatic carbocycles. The van der Waals surface area contributed by atoms with Crippen molar-refractivity contribution < 1.29 is 17.9 Å². The van der Waals surface area contributed by atoms with E-state index in [4.69, 9.17) is 16.3 Å². The van der Waals surface area contributed by atoms with E-state index in [1.54, 1.807) is 29.2 Å². The molecule has 1 N–H and O–H groups in total. The predicted molar refractivity (Wildman–Crippen MR) is 98.6 cm³/mol. The van der Waals surface area contributed by atoms with Crippen LogP contribution in [-0.2, 0) is 6.18 Å². The Kier molecular flexibility index (Phi) is 5.22. The lowest BCUT2D eigenvalue weighted by molar-refractivity contribution is -0.141. The van der Waals surface area contributed by atoms with E-state index in [1.807, 2.05) is 6.07 Å². The Morgan fingerprint density at radius 1 is 1.14 bits per heavy atom. The number of aromatic nitrogens is 2. The molecule has 29 heavy (non-hydrogen) atoms. The molecule has 0 spiro atoms. The zero-order valence-corrected chi connectivity index (χ0v) is 15.4. The topological polar surface area (TPSA) is 87.9 Å². The van der Waals surface area contributed by atoms with Gasteiger partial charge in [-0.25, -0.2) is 9.36 Å². The Hall–Kier alpha value is -3.51. The molecule has 0 aliphatic heterocycles. The van der Waals surface area contributed by atoms with Gasteiger partial charge in [-0.15, -0.1) is 0 Å². The molecule has 0 radical (unpaired) electrons. The first-order chi connectivity index (χ1) is 13.6. The largest absolute Gasteiger partial charge is 0.454 e. The molecule has 0 saturated heterocycles. The minimum absolute atomic E-state index is 0.0209. The van der Waals surface area contributed by atoms with Crippen molar-refractivity contribution in [1.29, 1.82) is 5.26 Å². The Morgan fingerprint density at radius 3 is 2.41 bits per heavy atom. The van der Waals surface area contributed by atoms with Gasteiger partial charge in [0, 0.05) is 12.1 Å². The van der Waals surface area contributed by atoms with Gasteiger partial charge in [0.1, 0.15) is 23.3 Å². The number of alkyl halides is 3. The average Bonchev–Trinajstić information content (AvgIpc) is 2.64. The highest BCUT2D eigenvalue weighted by Gasteiger charge is 2.33. The van der Waals surface area contributed by atoms with Crippen LogP contribution in [0.5, 0.6) is 11.5 Å². The third kappa shape index (κ3) is 4.02. The van der Waals surface area contributed by atoms with Gasteiger partial charge in [-0.1, -0.05) is 23.7 Å². The fraction of sp³-hybridized carbons (Fsp3) is 0.105. The van der Waals surface area contributed by atoms with Gasteiger partial charge in [-0.2, -0.15) is 18.4 Å². The monoisotopic (exact) mass is 421 g/mol. The quantitative estimate of drug-likeness (QED) is 0.687. The fourth-order valence-electron chi connectivity index (χ4n) is 2.61. The van der Waals surface area contributed by atoms with Crippen molar-refractivity contribution in [3.8, 4) is 23.3 Å². The number of hydrogen-bond donors (Lipinski definition) is 1. The molecule has 10 heteroatoms. The maximum Gasteiger partial charge on any atom is 0.431 e. The predicted octanol–water partition coefficient (Wildman–Crippen LogP) is 4.17. The normalized spacial score (nSPS) is 11.2. The minimum Gasteiger partial charge on any atom is -0.454 e. The lowest BCUT2D eigenvalue weighted by Gasteiger charge is -2.14. The first kappa shape index (κ1) is 20.2. The zero-order valence-electron chi connectivity index (χ0n) is 14.7. The van der Waals surface area contributed by atoms with E-state index in [1.165, 1.54) is 19.1 Å². The van der Waals surface area contributed by atoms with Crippen molar-refractivity contribution in [1.82, 2.24) is 9.55 Å². The Morgan fingerprint density at radius 2 is 1.83 bits per heavy atom. The summed E-state index contributed by atoms with van der Waals surface area (Å²) in [6.07, 6.45) is -4.88. The molecule has 148 valence electrons. The van der Waals surface area contributed by atoms with Crippen molar-refractivity contribution in [2.24, 2.45) is 0 Å². The summed E-state index contributed by atoms with van der Waals surface area (Å²) in [7, 11) is 0. The van der Waals surface area contributed by atoms with E-state index in [-0.39, 0.29) is 33.8 Å². The summed E-state index contributed by atoms with van der Waals surface area (Å²) in [4.78, 5) is 26.1. The highest BCUT2D eigenvalue weighted by Crippen LogP contribution is 2.33. The van der Waals surface area contributed by atoms with Crippen LogP contribution < -0.4 is 16.0 Å². The molecule has 0 atom stereocenters. The second kappa shape index (κ2) is 7.48. The number of aryl methyl sites for hydroxylation is 1. The number of halogens is 4. The number of ether oxygens (including phenoxy) is 1. The van der Waals surface area contributed by atoms with E-state index in [0.29, 0.717) is 10.1 Å². The van der Waals surface area contributed by atoms with Gasteiger partial charge in [-0.05, 0) is 30.7 Å². The summed E-state index contributed by atoms with van der Waals surface area (Å²) < 4.78 is 44.6. The van der Waals surface area contributed by atoms with Crippen molar-refractivity contribution in [2.45, 2.75) is 13.1 Å². The second-order valence-electron chi connectivity index (χ2n) is 5.94. The van der Waals surface area contributed by atoms with Gasteiger partial charge in [0.2, 0.25) is 0 Å². The second-order valence-corrected chi connectivity index (χ2v) is 6.35. The van der Waals surface area contributed by atoms with E-state index in [2.05, 4.69) is 0 Å². The van der Waals surface area contributed by atoms with Gasteiger partial charge >= 0.3 is 11.9 Å². The molecule has 0 saturated carbocycles. The van der Waals surface area contributed by atoms with Crippen LogP contribution in [0.4, 0.5) is 13.2 Å². The van der Waals surface area contributed by atoms with Crippen LogP contribution in [0, 0.1) is 18.3 Å². The molecule has 1 heterocycles. The Bertz CT molecular complexity index is 1230. The van der Waals surface area contributed by atoms with Gasteiger partial charge in [0.15, 0.2) is 0 Å². The molecule has 0 unspecified atom stereocenters. The number of nitrogens with zero attached hydrogens (tertiary/aromatic N) is 2. The molecular formula is C19H11ClF3N3O3. The number of aromatic amines is 1. The van der Waals surface area contributed by atoms with E-state index in [9.17, 15) is 28.0 Å². The summed E-state index contributed by atoms with van der Waals surface area (Å²) >= 11 is 6.04. The number of para-hydroxylation sites is 1. The van der Waals surface area contributed by atoms with Crippen LogP contribution in [0.15, 0.2) is 52.1 Å². The standard InChI is InChI=1S/C19H11ClF3N3O3/c1-10-6-11(9-24)15(29-14-5-3-2-4-12(14)20)7-13(10)26-17(27)8-16(19(21,22)23)25-18(26)28/h2-8H,1H3,(H,25,28). The van der Waals surface area contributed by atoms with Crippen molar-refractivity contribution in [2.75, 3.05) is 0 Å². The zero-order chi connectivity index (χ0) is 21.3. The number of nitrogens with one attached hydrogen (secondary N) is 1. The van der Waals surface area contributed by atoms with Gasteiger partial charge < -0.3 is 9.72 Å². The van der Waals surface area contributed by atoms with E-state index < -0.39 is 23.1 Å². The van der Waals surface area contributed by atoms with Gasteiger partial charge in [0.25, 0.3) is 5.56 Å². The summed E-state index contributed by atoms with van der Waals surface area (Å²) in [5, 5.41) is 9.62. The summed E-state index contributed by atoms with van der Waals surface area (Å²) in [5.41, 5.74) is -3.56. The Labute approximate surface area is 166 Å². The molecule has 0 fully saturated rings. The van der Waals surface area contributed by atoms with Crippen LogP contribution in [0.2, 0.25) is 5.02 Å². The van der Waals surface area contributed by atoms with Gasteiger partial charge in [-0.3, -0.25) is 4.79 Å². The molecule has 0 aliphatic rings. The maximum atomic E-state index is 12.8. The number of benzene rings is 2. The van der Waals surface area contributed by atoms with Crippen LogP contribution >= 0.6 is 11.6 Å². The third-order valence-corrected chi connectivity index (χ3v) is 4.27. The van der Waals surface area contributed by atoms with Crippen LogP contribution in [0.25, 0.3) is 5.69 Å². The van der Waals surface area contributed by atoms with Crippen molar-refractivity contribution in [3.63, 3.8) is 0 Å². The lowest BCUT2D eigenvalue weighted by Crippen LogP contribution is -2.36. The SMILES string of the molecule is Cc1cc(C#N)c(Oc2ccccc2Cl)cc1-n1c(=O)cc(C(F)(F)F)[nH]c1=O. The molecule has 6 nitrogen and oxygen atoms in total. The lowest BCUT2D eigenvalue weighted by atomic mass is 10.1. The summed E-state index contributed by atoms with van der Waals surface area (Å²) in [5.74, 6) is 0.196. The van der Waals surface area contributed by atoms with Crippen molar-refractivity contribution in [3.05, 3.63) is 85.1 Å². The smallest absolute Gasteiger partial charge is 0.431 e. The maximum absolute atomic E-state index is 12.8. The van der Waals surface area contributed by atoms with E-state index >= 15 is 0 Å². The van der Waals surface area contributed by atoms with Crippen molar-refractivity contribution >= 4 is 11.6 Å². The van der Waals surface area contributed by atoms with Crippen LogP contribution in [-0.4, -0.2) is 9.55 Å². The molecular weight excluding hydrogens is 411 g/mol. The fourth-order valence-corrected chi connectivity index (χ4v) is 2.79. The number of rotatable bonds is 3. The molecule has 3 rings (SSSR count). The Balaban J connectivity index is 2.20. The molecule has 0 bridgehead atoms. The number of H-pyrrole nitrogens is 1. The third-order valence-electron chi connectivity index (χ3n) is 3.95. The molecule has 0 aliphatic carbocycles. The van der Waals surface area contributed by atoms with Gasteiger partial charge in [0.05, 0.1) is 16.3 Å². The van der Waals surface area contributed by atoms with Crippen LogP contribution in [0.3, 0.4) is 0 Å². The average molecular weight is 422 g/mol. The first-order valence-corrected chi connectivity index (χ1v) is 8.40. The summed E-state index contributed by atoms with van der Waals surface area (Å²) in [6.45, 7) is 1.50. The minimum atomic E-state index is -4.88.